The van der Waals surface area contributed by atoms with E-state index in [1.807, 2.05) is 0 Å². The van der Waals surface area contributed by atoms with E-state index >= 15 is 0 Å². The summed E-state index contributed by atoms with van der Waals surface area (Å²) in [4.78, 5) is 2.52. The molecule has 0 aliphatic carbocycles. The highest BCUT2D eigenvalue weighted by molar-refractivity contribution is 6.74. The van der Waals surface area contributed by atoms with Crippen LogP contribution in [0.3, 0.4) is 0 Å². The molecule has 1 heterocycles. The molecule has 0 fully saturated rings. The second-order valence-corrected chi connectivity index (χ2v) is 13.9. The molecule has 27 heavy (non-hydrogen) atoms. The Morgan fingerprint density at radius 2 is 1.48 bits per heavy atom. The zero-order chi connectivity index (χ0) is 19.7. The normalized spacial score (nSPS) is 18.6. The molecule has 3 rings (SSSR count). The summed E-state index contributed by atoms with van der Waals surface area (Å²) in [6.07, 6.45) is 0.928. The minimum Gasteiger partial charge on any atom is -0.546 e. The number of hydrogen-bond donors (Lipinski definition) is 0. The van der Waals surface area contributed by atoms with Crippen LogP contribution in [0.1, 0.15) is 45.7 Å². The van der Waals surface area contributed by atoms with Crippen molar-refractivity contribution in [2.45, 2.75) is 58.3 Å². The molecule has 0 aromatic heterocycles. The van der Waals surface area contributed by atoms with Crippen LogP contribution >= 0.6 is 0 Å². The Bertz CT molecular complexity index is 790. The van der Waals surface area contributed by atoms with Gasteiger partial charge in [-0.25, -0.2) is 0 Å². The molecule has 1 atom stereocenters. The SMILES string of the molecule is CC1=C(O[Si](C)(C)C(C)(C)C)CC(c2ccccc2)N(c2ccccc2)C1. The average Bonchev–Trinajstić information content (AvgIpc) is 2.63. The molecular formula is C24H33NOSi. The van der Waals surface area contributed by atoms with Gasteiger partial charge in [-0.15, -0.1) is 0 Å². The molecule has 0 saturated heterocycles. The lowest BCUT2D eigenvalue weighted by atomic mass is 9.94. The summed E-state index contributed by atoms with van der Waals surface area (Å²) in [5.41, 5.74) is 3.98. The highest BCUT2D eigenvalue weighted by atomic mass is 28.4. The lowest BCUT2D eigenvalue weighted by Crippen LogP contribution is -2.43. The third-order valence-electron chi connectivity index (χ3n) is 6.10. The maximum atomic E-state index is 6.78. The zero-order valence-corrected chi connectivity index (χ0v) is 18.6. The Hall–Kier alpha value is -2.00. The summed E-state index contributed by atoms with van der Waals surface area (Å²) < 4.78 is 6.78. The highest BCUT2D eigenvalue weighted by Crippen LogP contribution is 2.43. The van der Waals surface area contributed by atoms with E-state index in [-0.39, 0.29) is 5.04 Å². The fourth-order valence-corrected chi connectivity index (χ4v) is 4.55. The Balaban J connectivity index is 1.97. The fraction of sp³-hybridized carbons (Fsp3) is 0.417. The van der Waals surface area contributed by atoms with Crippen LogP contribution in [0, 0.1) is 0 Å². The van der Waals surface area contributed by atoms with Crippen LogP contribution in [0.15, 0.2) is 72.0 Å². The monoisotopic (exact) mass is 379 g/mol. The standard InChI is InChI=1S/C24H33NOSi/c1-19-18-25(21-15-11-8-12-16-21)22(20-13-9-7-10-14-20)17-23(19)26-27(5,6)24(2,3)4/h7-16,22H,17-18H2,1-6H3. The minimum absolute atomic E-state index is 0.207. The van der Waals surface area contributed by atoms with Gasteiger partial charge in [0.25, 0.3) is 0 Å². The van der Waals surface area contributed by atoms with Gasteiger partial charge in [0.15, 0.2) is 0 Å². The first kappa shape index (κ1) is 19.8. The lowest BCUT2D eigenvalue weighted by Gasteiger charge is -2.43. The van der Waals surface area contributed by atoms with Crippen LogP contribution in [-0.4, -0.2) is 14.9 Å². The Morgan fingerprint density at radius 3 is 2.04 bits per heavy atom. The number of benzene rings is 2. The Kier molecular flexibility index (Phi) is 5.52. The molecule has 2 aromatic rings. The van der Waals surface area contributed by atoms with E-state index in [1.54, 1.807) is 0 Å². The van der Waals surface area contributed by atoms with Gasteiger partial charge in [0.1, 0.15) is 0 Å². The van der Waals surface area contributed by atoms with Crippen molar-refractivity contribution < 1.29 is 4.43 Å². The van der Waals surface area contributed by atoms with Crippen LogP contribution in [-0.2, 0) is 4.43 Å². The Labute approximate surface area is 166 Å². The summed E-state index contributed by atoms with van der Waals surface area (Å²) in [6, 6.07) is 21.9. The van der Waals surface area contributed by atoms with E-state index in [2.05, 4.69) is 106 Å². The van der Waals surface area contributed by atoms with Crippen molar-refractivity contribution in [2.75, 3.05) is 11.4 Å². The number of nitrogens with zero attached hydrogens (tertiary/aromatic N) is 1. The second-order valence-electron chi connectivity index (χ2n) is 9.16. The number of para-hydroxylation sites is 1. The van der Waals surface area contributed by atoms with Gasteiger partial charge in [0.05, 0.1) is 11.8 Å². The van der Waals surface area contributed by atoms with Crippen LogP contribution in [0.25, 0.3) is 0 Å². The molecule has 144 valence electrons. The molecule has 1 unspecified atom stereocenters. The van der Waals surface area contributed by atoms with Gasteiger partial charge in [-0.1, -0.05) is 69.3 Å². The predicted octanol–water partition coefficient (Wildman–Crippen LogP) is 6.93. The van der Waals surface area contributed by atoms with Crippen molar-refractivity contribution in [1.29, 1.82) is 0 Å². The Morgan fingerprint density at radius 1 is 0.926 bits per heavy atom. The van der Waals surface area contributed by atoms with Crippen molar-refractivity contribution in [2.24, 2.45) is 0 Å². The summed E-state index contributed by atoms with van der Waals surface area (Å²) in [6.45, 7) is 14.8. The molecule has 0 bridgehead atoms. The van der Waals surface area contributed by atoms with Crippen molar-refractivity contribution in [3.63, 3.8) is 0 Å². The second kappa shape index (κ2) is 7.55. The van der Waals surface area contributed by atoms with Gasteiger partial charge in [-0.05, 0) is 48.3 Å². The van der Waals surface area contributed by atoms with Gasteiger partial charge in [-0.3, -0.25) is 0 Å². The first-order valence-corrected chi connectivity index (χ1v) is 12.8. The summed E-state index contributed by atoms with van der Waals surface area (Å²) in [5, 5.41) is 0.207. The van der Waals surface area contributed by atoms with Crippen LogP contribution in [0.4, 0.5) is 5.69 Å². The van der Waals surface area contributed by atoms with Crippen LogP contribution in [0.5, 0.6) is 0 Å². The van der Waals surface area contributed by atoms with E-state index < -0.39 is 8.32 Å². The molecule has 0 saturated carbocycles. The number of hydrogen-bond acceptors (Lipinski definition) is 2. The van der Waals surface area contributed by atoms with E-state index in [4.69, 9.17) is 4.43 Å². The minimum atomic E-state index is -1.84. The molecule has 1 aliphatic rings. The van der Waals surface area contributed by atoms with E-state index in [9.17, 15) is 0 Å². The van der Waals surface area contributed by atoms with Crippen LogP contribution in [0.2, 0.25) is 18.1 Å². The molecule has 0 radical (unpaired) electrons. The van der Waals surface area contributed by atoms with Crippen molar-refractivity contribution in [3.8, 4) is 0 Å². The zero-order valence-electron chi connectivity index (χ0n) is 17.6. The molecule has 0 spiro atoms. The van der Waals surface area contributed by atoms with E-state index in [0.29, 0.717) is 6.04 Å². The largest absolute Gasteiger partial charge is 0.546 e. The van der Waals surface area contributed by atoms with E-state index in [0.717, 1.165) is 13.0 Å². The fourth-order valence-electron chi connectivity index (χ4n) is 3.37. The molecule has 0 amide bonds. The molecule has 3 heteroatoms. The molecule has 0 N–H and O–H groups in total. The predicted molar refractivity (Wildman–Crippen MR) is 119 cm³/mol. The van der Waals surface area contributed by atoms with Crippen molar-refractivity contribution >= 4 is 14.0 Å². The highest BCUT2D eigenvalue weighted by Gasteiger charge is 2.41. The summed E-state index contributed by atoms with van der Waals surface area (Å²) >= 11 is 0. The topological polar surface area (TPSA) is 12.5 Å². The van der Waals surface area contributed by atoms with Gasteiger partial charge in [-0.2, -0.15) is 0 Å². The number of rotatable bonds is 4. The van der Waals surface area contributed by atoms with Gasteiger partial charge >= 0.3 is 0 Å². The maximum Gasteiger partial charge on any atom is 0.250 e. The number of anilines is 1. The average molecular weight is 380 g/mol. The summed E-state index contributed by atoms with van der Waals surface area (Å²) in [7, 11) is -1.84. The van der Waals surface area contributed by atoms with E-state index in [1.165, 1.54) is 22.6 Å². The van der Waals surface area contributed by atoms with Crippen LogP contribution < -0.4 is 4.90 Å². The first-order valence-electron chi connectivity index (χ1n) is 9.93. The lowest BCUT2D eigenvalue weighted by molar-refractivity contribution is 0.336. The third-order valence-corrected chi connectivity index (χ3v) is 10.5. The smallest absolute Gasteiger partial charge is 0.250 e. The molecule has 2 nitrogen and oxygen atoms in total. The molecule has 2 aromatic carbocycles. The first-order chi connectivity index (χ1) is 12.7. The van der Waals surface area contributed by atoms with Crippen molar-refractivity contribution in [3.05, 3.63) is 77.6 Å². The molecule has 1 aliphatic heterocycles. The van der Waals surface area contributed by atoms with Gasteiger partial charge in [0, 0.05) is 18.7 Å². The van der Waals surface area contributed by atoms with Gasteiger partial charge < -0.3 is 9.33 Å². The van der Waals surface area contributed by atoms with Crippen molar-refractivity contribution in [1.82, 2.24) is 0 Å². The quantitative estimate of drug-likeness (QED) is 0.534. The molecular weight excluding hydrogens is 346 g/mol. The van der Waals surface area contributed by atoms with Gasteiger partial charge in [0.2, 0.25) is 8.32 Å². The maximum absolute atomic E-state index is 6.78. The summed E-state index contributed by atoms with van der Waals surface area (Å²) in [5.74, 6) is 1.21. The third kappa shape index (κ3) is 4.29.